The average Bonchev–Trinajstić information content (AvgIpc) is 3.31. The summed E-state index contributed by atoms with van der Waals surface area (Å²) in [7, 11) is -3.05. The molecule has 1 fully saturated rings. The number of carboxylic acids is 1. The Kier molecular flexibility index (Phi) is 6.37. The Labute approximate surface area is 190 Å². The van der Waals surface area contributed by atoms with Crippen molar-refractivity contribution in [2.75, 3.05) is 11.8 Å². The van der Waals surface area contributed by atoms with Gasteiger partial charge in [0.1, 0.15) is 17.8 Å². The highest BCUT2D eigenvalue weighted by Gasteiger charge is 2.24. The third-order valence-electron chi connectivity index (χ3n) is 5.76. The predicted octanol–water partition coefficient (Wildman–Crippen LogP) is 5.04. The Balaban J connectivity index is 1.55. The number of anilines is 1. The van der Waals surface area contributed by atoms with Gasteiger partial charge in [-0.15, -0.1) is 0 Å². The Bertz CT molecular complexity index is 1260. The van der Waals surface area contributed by atoms with E-state index in [0.717, 1.165) is 18.4 Å². The maximum absolute atomic E-state index is 14.1. The third-order valence-corrected chi connectivity index (χ3v) is 6.98. The third kappa shape index (κ3) is 4.85. The highest BCUT2D eigenvalue weighted by Crippen LogP contribution is 2.34. The van der Waals surface area contributed by atoms with E-state index >= 15 is 0 Å². The molecule has 10 heteroatoms. The number of carboxylic acid groups (broad SMARTS) is 1. The van der Waals surface area contributed by atoms with Gasteiger partial charge in [-0.1, -0.05) is 31.4 Å². The number of carbonyl (C=O) groups is 1. The second-order valence-electron chi connectivity index (χ2n) is 7.89. The molecule has 2 N–H and O–H groups in total. The molecule has 0 unspecified atom stereocenters. The van der Waals surface area contributed by atoms with Gasteiger partial charge in [0.05, 0.1) is 18.4 Å². The van der Waals surface area contributed by atoms with E-state index < -0.39 is 32.4 Å². The largest absolute Gasteiger partial charge is 0.495 e. The van der Waals surface area contributed by atoms with Crippen LogP contribution in [0.4, 0.5) is 10.1 Å². The van der Waals surface area contributed by atoms with Crippen molar-refractivity contribution in [2.45, 2.75) is 43.0 Å². The second kappa shape index (κ2) is 9.22. The molecular weight excluding hydrogens is 451 g/mol. The van der Waals surface area contributed by atoms with Crippen LogP contribution in [0.2, 0.25) is 0 Å². The quantitative estimate of drug-likeness (QED) is 0.493. The van der Waals surface area contributed by atoms with E-state index in [9.17, 15) is 17.6 Å². The van der Waals surface area contributed by atoms with Crippen LogP contribution in [-0.2, 0) is 10.0 Å². The van der Waals surface area contributed by atoms with Crippen LogP contribution in [0.1, 0.15) is 53.9 Å². The van der Waals surface area contributed by atoms with E-state index in [1.54, 1.807) is 0 Å². The van der Waals surface area contributed by atoms with Crippen LogP contribution in [0.25, 0.3) is 11.5 Å². The molecule has 0 atom stereocenters. The van der Waals surface area contributed by atoms with Crippen molar-refractivity contribution in [3.05, 3.63) is 59.6 Å². The van der Waals surface area contributed by atoms with Crippen molar-refractivity contribution in [2.24, 2.45) is 0 Å². The van der Waals surface area contributed by atoms with E-state index in [4.69, 9.17) is 14.3 Å². The molecule has 1 aromatic heterocycles. The molecule has 0 bridgehead atoms. The second-order valence-corrected chi connectivity index (χ2v) is 9.52. The van der Waals surface area contributed by atoms with E-state index in [2.05, 4.69) is 9.71 Å². The summed E-state index contributed by atoms with van der Waals surface area (Å²) < 4.78 is 52.2. The molecule has 0 amide bonds. The zero-order chi connectivity index (χ0) is 23.6. The molecule has 0 saturated heterocycles. The van der Waals surface area contributed by atoms with Gasteiger partial charge in [0.15, 0.2) is 0 Å². The zero-order valence-electron chi connectivity index (χ0n) is 17.9. The highest BCUT2D eigenvalue weighted by molar-refractivity contribution is 7.92. The number of aromatic nitrogens is 1. The van der Waals surface area contributed by atoms with Gasteiger partial charge in [0.25, 0.3) is 10.0 Å². The minimum absolute atomic E-state index is 0.130. The van der Waals surface area contributed by atoms with Crippen molar-refractivity contribution in [3.8, 4) is 17.2 Å². The van der Waals surface area contributed by atoms with Gasteiger partial charge in [0.2, 0.25) is 10.9 Å². The molecule has 33 heavy (non-hydrogen) atoms. The number of oxazole rings is 1. The number of rotatable bonds is 7. The molecule has 0 spiro atoms. The fourth-order valence-corrected chi connectivity index (χ4v) is 4.94. The predicted molar refractivity (Wildman–Crippen MR) is 118 cm³/mol. The molecule has 8 nitrogen and oxygen atoms in total. The standard InChI is InChI=1S/C23H23FN2O6S/c1-31-20-11-17(23(27)28)18(24)12-19(20)26-33(29,30)21-13-32-22(25-21)16-9-7-15(8-10-16)14-5-3-2-4-6-14/h7-14,26H,2-6H2,1H3,(H,27,28). The minimum Gasteiger partial charge on any atom is -0.495 e. The van der Waals surface area contributed by atoms with E-state index in [1.165, 1.54) is 44.8 Å². The summed E-state index contributed by atoms with van der Waals surface area (Å²) in [4.78, 5) is 15.2. The van der Waals surface area contributed by atoms with Crippen molar-refractivity contribution in [3.63, 3.8) is 0 Å². The molecule has 2 aromatic carbocycles. The smallest absolute Gasteiger partial charge is 0.338 e. The molecule has 0 aliphatic heterocycles. The van der Waals surface area contributed by atoms with Crippen LogP contribution < -0.4 is 9.46 Å². The molecule has 4 rings (SSSR count). The van der Waals surface area contributed by atoms with Crippen LogP contribution in [0.3, 0.4) is 0 Å². The molecule has 3 aromatic rings. The van der Waals surface area contributed by atoms with Gasteiger partial charge >= 0.3 is 5.97 Å². The number of nitrogens with zero attached hydrogens (tertiary/aromatic N) is 1. The number of aromatic carboxylic acids is 1. The van der Waals surface area contributed by atoms with E-state index in [0.29, 0.717) is 11.5 Å². The first-order valence-corrected chi connectivity index (χ1v) is 12.0. The van der Waals surface area contributed by atoms with Gasteiger partial charge in [-0.2, -0.15) is 13.4 Å². The van der Waals surface area contributed by atoms with Gasteiger partial charge in [-0.25, -0.2) is 9.18 Å². The Morgan fingerprint density at radius 3 is 2.52 bits per heavy atom. The van der Waals surface area contributed by atoms with Crippen LogP contribution in [0, 0.1) is 5.82 Å². The maximum Gasteiger partial charge on any atom is 0.338 e. The van der Waals surface area contributed by atoms with E-state index in [1.807, 2.05) is 24.3 Å². The number of hydrogen-bond acceptors (Lipinski definition) is 6. The Morgan fingerprint density at radius 2 is 1.88 bits per heavy atom. The van der Waals surface area contributed by atoms with Gasteiger partial charge in [-0.05, 0) is 42.5 Å². The summed E-state index contributed by atoms with van der Waals surface area (Å²) in [5.74, 6) is -2.10. The molecule has 1 heterocycles. The summed E-state index contributed by atoms with van der Waals surface area (Å²) in [6.07, 6.45) is 7.07. The first-order chi connectivity index (χ1) is 15.8. The van der Waals surface area contributed by atoms with Crippen molar-refractivity contribution in [1.29, 1.82) is 0 Å². The molecule has 1 aliphatic carbocycles. The molecule has 1 aliphatic rings. The van der Waals surface area contributed by atoms with E-state index in [-0.39, 0.29) is 17.3 Å². The molecule has 174 valence electrons. The van der Waals surface area contributed by atoms with Crippen LogP contribution >= 0.6 is 0 Å². The number of sulfonamides is 1. The fourth-order valence-electron chi connectivity index (χ4n) is 4.01. The van der Waals surface area contributed by atoms with Gasteiger partial charge < -0.3 is 14.3 Å². The summed E-state index contributed by atoms with van der Waals surface area (Å²) in [6.45, 7) is 0. The number of nitrogens with one attached hydrogen (secondary N) is 1. The number of methoxy groups -OCH3 is 1. The average molecular weight is 475 g/mol. The topological polar surface area (TPSA) is 119 Å². The Hall–Kier alpha value is -3.40. The first-order valence-electron chi connectivity index (χ1n) is 10.5. The lowest BCUT2D eigenvalue weighted by molar-refractivity contribution is 0.0691. The molecular formula is C23H23FN2O6S. The fraction of sp³-hybridized carbons (Fsp3) is 0.304. The monoisotopic (exact) mass is 474 g/mol. The summed E-state index contributed by atoms with van der Waals surface area (Å²) in [5.41, 5.74) is 0.973. The van der Waals surface area contributed by atoms with Crippen LogP contribution in [0.5, 0.6) is 5.75 Å². The van der Waals surface area contributed by atoms with Crippen LogP contribution in [-0.4, -0.2) is 31.6 Å². The lowest BCUT2D eigenvalue weighted by atomic mass is 9.84. The number of halogens is 1. The number of hydrogen-bond donors (Lipinski definition) is 2. The zero-order valence-corrected chi connectivity index (χ0v) is 18.7. The normalized spacial score (nSPS) is 14.7. The SMILES string of the molecule is COc1cc(C(=O)O)c(F)cc1NS(=O)(=O)c1coc(-c2ccc(C3CCCCC3)cc2)n1. The highest BCUT2D eigenvalue weighted by atomic mass is 32.2. The van der Waals surface area contributed by atoms with Crippen molar-refractivity contribution in [1.82, 2.24) is 4.98 Å². The van der Waals surface area contributed by atoms with Crippen LogP contribution in [0.15, 0.2) is 52.1 Å². The summed E-state index contributed by atoms with van der Waals surface area (Å²) in [5, 5.41) is 8.63. The maximum atomic E-state index is 14.1. The van der Waals surface area contributed by atoms with Gasteiger partial charge in [0, 0.05) is 11.6 Å². The number of benzene rings is 2. The van der Waals surface area contributed by atoms with Crippen molar-refractivity contribution < 1.29 is 31.9 Å². The summed E-state index contributed by atoms with van der Waals surface area (Å²) >= 11 is 0. The Morgan fingerprint density at radius 1 is 1.18 bits per heavy atom. The summed E-state index contributed by atoms with van der Waals surface area (Å²) in [6, 6.07) is 9.37. The molecule has 1 saturated carbocycles. The van der Waals surface area contributed by atoms with Crippen molar-refractivity contribution >= 4 is 21.7 Å². The molecule has 0 radical (unpaired) electrons. The minimum atomic E-state index is -4.26. The first kappa shape index (κ1) is 22.8. The number of ether oxygens (including phenoxy) is 1. The van der Waals surface area contributed by atoms with Gasteiger partial charge in [-0.3, -0.25) is 4.72 Å². The lowest BCUT2D eigenvalue weighted by Gasteiger charge is -2.21. The lowest BCUT2D eigenvalue weighted by Crippen LogP contribution is -2.15.